The van der Waals surface area contributed by atoms with E-state index >= 15 is 0 Å². The summed E-state index contributed by atoms with van der Waals surface area (Å²) in [5.41, 5.74) is 1.62. The van der Waals surface area contributed by atoms with Gasteiger partial charge in [-0.15, -0.1) is 0 Å². The SMILES string of the molecule is O=C(Nc1cccc(CN2C[C@@H]3CCC[C@@]3(C(=O)O)C2)c1)c1ccccc1Cl. The van der Waals surface area contributed by atoms with Gasteiger partial charge in [-0.05, 0) is 48.6 Å². The maximum Gasteiger partial charge on any atom is 0.311 e. The van der Waals surface area contributed by atoms with Crippen molar-refractivity contribution < 1.29 is 14.7 Å². The first kappa shape index (κ1) is 19.0. The van der Waals surface area contributed by atoms with E-state index in [2.05, 4.69) is 10.2 Å². The molecule has 0 bridgehead atoms. The lowest BCUT2D eigenvalue weighted by atomic mass is 9.81. The number of hydrogen-bond donors (Lipinski definition) is 2. The second kappa shape index (κ2) is 7.57. The molecule has 146 valence electrons. The van der Waals surface area contributed by atoms with Crippen LogP contribution in [-0.2, 0) is 11.3 Å². The van der Waals surface area contributed by atoms with Gasteiger partial charge < -0.3 is 10.4 Å². The summed E-state index contributed by atoms with van der Waals surface area (Å²) in [7, 11) is 0. The molecule has 0 spiro atoms. The molecule has 1 saturated carbocycles. The van der Waals surface area contributed by atoms with Crippen molar-refractivity contribution in [2.75, 3.05) is 18.4 Å². The fraction of sp³-hybridized carbons (Fsp3) is 0.364. The molecule has 2 aliphatic rings. The Bertz CT molecular complexity index is 916. The Kier molecular flexibility index (Phi) is 5.13. The van der Waals surface area contributed by atoms with E-state index in [0.29, 0.717) is 29.4 Å². The van der Waals surface area contributed by atoms with Gasteiger partial charge in [0.25, 0.3) is 5.91 Å². The number of carbonyl (C=O) groups excluding carboxylic acids is 1. The van der Waals surface area contributed by atoms with Gasteiger partial charge in [-0.1, -0.05) is 42.3 Å². The van der Waals surface area contributed by atoms with Crippen LogP contribution in [-0.4, -0.2) is 35.0 Å². The Labute approximate surface area is 169 Å². The highest BCUT2D eigenvalue weighted by Crippen LogP contribution is 2.49. The number of amides is 1. The van der Waals surface area contributed by atoms with Crippen molar-refractivity contribution in [3.63, 3.8) is 0 Å². The summed E-state index contributed by atoms with van der Waals surface area (Å²) < 4.78 is 0. The van der Waals surface area contributed by atoms with Crippen LogP contribution < -0.4 is 5.32 Å². The van der Waals surface area contributed by atoms with Crippen LogP contribution in [0.15, 0.2) is 48.5 Å². The summed E-state index contributed by atoms with van der Waals surface area (Å²) in [6.07, 6.45) is 2.78. The minimum Gasteiger partial charge on any atom is -0.481 e. The van der Waals surface area contributed by atoms with Crippen molar-refractivity contribution in [2.24, 2.45) is 11.3 Å². The highest BCUT2D eigenvalue weighted by molar-refractivity contribution is 6.34. The van der Waals surface area contributed by atoms with E-state index in [9.17, 15) is 14.7 Å². The first-order valence-electron chi connectivity index (χ1n) is 9.58. The summed E-state index contributed by atoms with van der Waals surface area (Å²) in [4.78, 5) is 26.6. The predicted octanol–water partition coefficient (Wildman–Crippen LogP) is 4.28. The number of carbonyl (C=O) groups is 2. The topological polar surface area (TPSA) is 69.6 Å². The molecule has 6 heteroatoms. The molecule has 2 N–H and O–H groups in total. The molecule has 2 aromatic rings. The van der Waals surface area contributed by atoms with Gasteiger partial charge >= 0.3 is 5.97 Å². The summed E-state index contributed by atoms with van der Waals surface area (Å²) in [6, 6.07) is 14.6. The number of likely N-dealkylation sites (tertiary alicyclic amines) is 1. The smallest absolute Gasteiger partial charge is 0.311 e. The molecular weight excluding hydrogens is 376 g/mol. The fourth-order valence-corrected chi connectivity index (χ4v) is 4.93. The first-order chi connectivity index (χ1) is 13.5. The quantitative estimate of drug-likeness (QED) is 0.788. The largest absolute Gasteiger partial charge is 0.481 e. The van der Waals surface area contributed by atoms with Gasteiger partial charge in [0, 0.05) is 25.3 Å². The molecule has 5 nitrogen and oxygen atoms in total. The number of anilines is 1. The van der Waals surface area contributed by atoms with Gasteiger partial charge in [-0.2, -0.15) is 0 Å². The third kappa shape index (κ3) is 3.52. The zero-order chi connectivity index (χ0) is 19.7. The Morgan fingerprint density at radius 2 is 2.04 bits per heavy atom. The number of aliphatic carboxylic acids is 1. The second-order valence-corrected chi connectivity index (χ2v) is 8.26. The van der Waals surface area contributed by atoms with Crippen LogP contribution in [0.25, 0.3) is 0 Å². The molecule has 4 rings (SSSR count). The van der Waals surface area contributed by atoms with Crippen LogP contribution in [0.4, 0.5) is 5.69 Å². The zero-order valence-corrected chi connectivity index (χ0v) is 16.3. The van der Waals surface area contributed by atoms with Crippen LogP contribution in [0, 0.1) is 11.3 Å². The molecule has 0 radical (unpaired) electrons. The third-order valence-corrected chi connectivity index (χ3v) is 6.41. The average molecular weight is 399 g/mol. The van der Waals surface area contributed by atoms with Gasteiger partial charge in [-0.3, -0.25) is 14.5 Å². The minimum atomic E-state index is -0.654. The van der Waals surface area contributed by atoms with Crippen molar-refractivity contribution in [3.8, 4) is 0 Å². The molecule has 1 aliphatic heterocycles. The Morgan fingerprint density at radius 1 is 1.21 bits per heavy atom. The number of nitrogens with one attached hydrogen (secondary N) is 1. The van der Waals surface area contributed by atoms with Crippen molar-refractivity contribution >= 4 is 29.2 Å². The summed E-state index contributed by atoms with van der Waals surface area (Å²) in [5.74, 6) is -0.658. The molecule has 28 heavy (non-hydrogen) atoms. The highest BCUT2D eigenvalue weighted by atomic mass is 35.5. The van der Waals surface area contributed by atoms with Crippen LogP contribution in [0.5, 0.6) is 0 Å². The highest BCUT2D eigenvalue weighted by Gasteiger charge is 2.54. The number of fused-ring (bicyclic) bond motifs is 1. The fourth-order valence-electron chi connectivity index (χ4n) is 4.71. The standard InChI is InChI=1S/C22H23ClN2O3/c23-19-9-2-1-8-18(19)20(26)24-17-7-3-5-15(11-17)12-25-13-16-6-4-10-22(16,14-25)21(27)28/h1-3,5,7-9,11,16H,4,6,10,12-14H2,(H,24,26)(H,27,28)/t16-,22+/m0/s1. The Balaban J connectivity index is 1.44. The molecule has 1 heterocycles. The normalized spacial score (nSPS) is 24.1. The van der Waals surface area contributed by atoms with E-state index in [1.165, 1.54) is 0 Å². The third-order valence-electron chi connectivity index (χ3n) is 6.08. The summed E-state index contributed by atoms with van der Waals surface area (Å²) in [6.45, 7) is 2.10. The number of halogens is 1. The molecule has 0 aromatic heterocycles. The summed E-state index contributed by atoms with van der Waals surface area (Å²) >= 11 is 6.10. The number of hydrogen-bond acceptors (Lipinski definition) is 3. The van der Waals surface area contributed by atoms with Gasteiger partial charge in [0.1, 0.15) is 0 Å². The molecular formula is C22H23ClN2O3. The van der Waals surface area contributed by atoms with Crippen LogP contribution in [0.2, 0.25) is 5.02 Å². The molecule has 2 aromatic carbocycles. The van der Waals surface area contributed by atoms with Crippen molar-refractivity contribution in [2.45, 2.75) is 25.8 Å². The Morgan fingerprint density at radius 3 is 2.79 bits per heavy atom. The van der Waals surface area contributed by atoms with E-state index < -0.39 is 11.4 Å². The first-order valence-corrected chi connectivity index (χ1v) is 9.96. The van der Waals surface area contributed by atoms with Gasteiger partial charge in [0.05, 0.1) is 16.0 Å². The zero-order valence-electron chi connectivity index (χ0n) is 15.5. The number of rotatable bonds is 5. The van der Waals surface area contributed by atoms with E-state index in [1.807, 2.05) is 24.3 Å². The molecule has 2 atom stereocenters. The van der Waals surface area contributed by atoms with Crippen LogP contribution in [0.3, 0.4) is 0 Å². The molecule has 2 fully saturated rings. The number of benzene rings is 2. The van der Waals surface area contributed by atoms with E-state index in [0.717, 1.165) is 31.4 Å². The molecule has 0 unspecified atom stereocenters. The minimum absolute atomic E-state index is 0.244. The van der Waals surface area contributed by atoms with Gasteiger partial charge in [0.15, 0.2) is 0 Å². The average Bonchev–Trinajstić information content (AvgIpc) is 3.20. The number of carboxylic acid groups (broad SMARTS) is 1. The van der Waals surface area contributed by atoms with Crippen LogP contribution >= 0.6 is 11.6 Å². The molecule has 1 saturated heterocycles. The second-order valence-electron chi connectivity index (χ2n) is 7.85. The summed E-state index contributed by atoms with van der Waals surface area (Å²) in [5, 5.41) is 13.1. The molecule has 1 aliphatic carbocycles. The lowest BCUT2D eigenvalue weighted by molar-refractivity contribution is -0.149. The van der Waals surface area contributed by atoms with E-state index in [4.69, 9.17) is 11.6 Å². The monoisotopic (exact) mass is 398 g/mol. The maximum atomic E-state index is 12.5. The van der Waals surface area contributed by atoms with E-state index in [1.54, 1.807) is 24.3 Å². The van der Waals surface area contributed by atoms with Crippen LogP contribution in [0.1, 0.15) is 35.2 Å². The lowest BCUT2D eigenvalue weighted by Crippen LogP contribution is -2.35. The molecule has 1 amide bonds. The number of carboxylic acids is 1. The van der Waals surface area contributed by atoms with Crippen molar-refractivity contribution in [3.05, 3.63) is 64.7 Å². The van der Waals surface area contributed by atoms with Crippen molar-refractivity contribution in [1.82, 2.24) is 4.90 Å². The Hall–Kier alpha value is -2.37. The van der Waals surface area contributed by atoms with Gasteiger partial charge in [-0.25, -0.2) is 0 Å². The number of nitrogens with zero attached hydrogens (tertiary/aromatic N) is 1. The maximum absolute atomic E-state index is 12.5. The predicted molar refractivity (Wildman–Crippen MR) is 109 cm³/mol. The lowest BCUT2D eigenvalue weighted by Gasteiger charge is -2.23. The van der Waals surface area contributed by atoms with Gasteiger partial charge in [0.2, 0.25) is 0 Å². The van der Waals surface area contributed by atoms with Crippen molar-refractivity contribution in [1.29, 1.82) is 0 Å². The van der Waals surface area contributed by atoms with E-state index in [-0.39, 0.29) is 11.8 Å².